The number of likely N-dealkylation sites (tertiary alicyclic amines) is 1. The maximum atomic E-state index is 14.1. The van der Waals surface area contributed by atoms with Crippen LogP contribution in [0.4, 0.5) is 21.9 Å². The van der Waals surface area contributed by atoms with Crippen LogP contribution in [0, 0.1) is 25.7 Å². The summed E-state index contributed by atoms with van der Waals surface area (Å²) < 4.78 is 35.8. The number of carbonyl (C=O) groups excluding carboxylic acids is 7. The predicted octanol–water partition coefficient (Wildman–Crippen LogP) is 21.2. The summed E-state index contributed by atoms with van der Waals surface area (Å²) in [6.45, 7) is 20.6. The summed E-state index contributed by atoms with van der Waals surface area (Å²) in [5.41, 5.74) is 12.6. The van der Waals surface area contributed by atoms with E-state index in [9.17, 15) is 33.6 Å². The van der Waals surface area contributed by atoms with Crippen LogP contribution in [0.2, 0.25) is 0 Å². The van der Waals surface area contributed by atoms with Gasteiger partial charge in [-0.05, 0) is 293 Å². The van der Waals surface area contributed by atoms with Gasteiger partial charge in [-0.15, -0.1) is 0 Å². The van der Waals surface area contributed by atoms with Gasteiger partial charge in [0, 0.05) is 86.8 Å². The van der Waals surface area contributed by atoms with Gasteiger partial charge in [0.05, 0.1) is 44.3 Å². The molecule has 2 aliphatic carbocycles. The lowest BCUT2D eigenvalue weighted by molar-refractivity contribution is -0.134. The monoisotopic (exact) mass is 1810 g/mol. The first-order valence-electron chi connectivity index (χ1n) is 47.0. The number of fused-ring (bicyclic) bond motifs is 5. The highest BCUT2D eigenvalue weighted by atomic mass is 32.1. The SMILES string of the molecule is Cc1c(OC2CCC(CCCC=O)CC2)cccc1-c1ccc(N2CCc3cccc(C(=O)Nc4nc5ccccc5s4)c3C2)nc1C(=O)OC(C)(C)C.Cc1c(OC2CCC(CCCCN3CCC(Oc4cccc5c(C6CCC(=O)NC6=O)nn(C)c45)CC3)CC2)cccc1-c1ccc(N2CCc3cccc(C(=O)Nc4nc5ccccc5s4)c3C2)nc1C(=O)OC(C)(C)C. The zero-order chi connectivity index (χ0) is 91.9. The van der Waals surface area contributed by atoms with Gasteiger partial charge in [0.15, 0.2) is 21.7 Å². The fourth-order valence-corrected chi connectivity index (χ4v) is 21.4. The van der Waals surface area contributed by atoms with Gasteiger partial charge in [-0.2, -0.15) is 5.10 Å². The number of hydrogen-bond acceptors (Lipinski definition) is 22. The number of para-hydroxylation sites is 3. The number of pyridine rings is 2. The van der Waals surface area contributed by atoms with Crippen LogP contribution < -0.4 is 40.0 Å². The number of unbranched alkanes of at least 4 members (excludes halogenated alkanes) is 2. The van der Waals surface area contributed by atoms with Crippen molar-refractivity contribution < 1.29 is 57.2 Å². The number of anilines is 4. The van der Waals surface area contributed by atoms with E-state index >= 15 is 0 Å². The summed E-state index contributed by atoms with van der Waals surface area (Å²) in [6.07, 6.45) is 20.3. The molecule has 1 unspecified atom stereocenters. The maximum absolute atomic E-state index is 14.1. The molecule has 9 heterocycles. The number of aldehydes is 1. The molecule has 18 rings (SSSR count). The lowest BCUT2D eigenvalue weighted by atomic mass is 9.84. The molecule has 5 aromatic heterocycles. The van der Waals surface area contributed by atoms with E-state index in [4.69, 9.17) is 38.8 Å². The quantitative estimate of drug-likeness (QED) is 0.0196. The number of amides is 4. The summed E-state index contributed by atoms with van der Waals surface area (Å²) >= 11 is 2.90. The van der Waals surface area contributed by atoms with Crippen LogP contribution in [0.5, 0.6) is 17.2 Å². The van der Waals surface area contributed by atoms with Crippen molar-refractivity contribution in [2.24, 2.45) is 18.9 Å². The number of nitrogens with zero attached hydrogens (tertiary/aromatic N) is 9. The number of esters is 2. The topological polar surface area (TPSA) is 281 Å². The first kappa shape index (κ1) is 91.6. The molecule has 132 heavy (non-hydrogen) atoms. The number of carbonyl (C=O) groups is 7. The van der Waals surface area contributed by atoms with Gasteiger partial charge in [0.2, 0.25) is 11.8 Å². The fraction of sp³-hybridized carbons (Fsp3) is 0.415. The summed E-state index contributed by atoms with van der Waals surface area (Å²) in [7, 11) is 1.89. The predicted molar refractivity (Wildman–Crippen MR) is 519 cm³/mol. The number of hydrogen-bond donors (Lipinski definition) is 3. The molecule has 26 heteroatoms. The molecule has 0 spiro atoms. The molecule has 0 bridgehead atoms. The molecule has 6 aliphatic rings. The molecule has 2 saturated carbocycles. The third kappa shape index (κ3) is 21.6. The minimum atomic E-state index is -0.732. The van der Waals surface area contributed by atoms with Crippen LogP contribution in [0.1, 0.15) is 244 Å². The number of benzene rings is 7. The van der Waals surface area contributed by atoms with Crippen LogP contribution in [-0.2, 0) is 56.8 Å². The van der Waals surface area contributed by atoms with Crippen molar-refractivity contribution >= 4 is 118 Å². The van der Waals surface area contributed by atoms with Crippen molar-refractivity contribution in [3.8, 4) is 39.5 Å². The Hall–Kier alpha value is -12.3. The number of aromatic nitrogens is 6. The average molecular weight is 1820 g/mol. The Kier molecular flexibility index (Phi) is 28.1. The number of imide groups is 1. The Balaban J connectivity index is 0.000000197. The van der Waals surface area contributed by atoms with Crippen molar-refractivity contribution in [2.45, 2.75) is 232 Å². The molecule has 2 saturated heterocycles. The van der Waals surface area contributed by atoms with Crippen LogP contribution >= 0.6 is 22.7 Å². The van der Waals surface area contributed by atoms with Crippen LogP contribution in [0.15, 0.2) is 164 Å². The number of piperidine rings is 2. The van der Waals surface area contributed by atoms with Gasteiger partial charge in [0.25, 0.3) is 11.8 Å². The number of nitrogens with one attached hydrogen (secondary N) is 3. The standard InChI is InChI=1S/C62H70N8O7S.C44H48N4O5S/c1-38-43(44-26-28-53(64-56(44)60(74)77-62(2,3)4)70-36-30-40-14-10-16-45(48(40)37-70)58(72)66-61-63-49-18-6-7-21-52(49)78-61)15-11-19-50(38)75-41-24-22-39(23-25-41)13-8-9-33-69-34-31-42(32-35-69)76-51-20-12-17-46-55(67-68(5)57(46)51)47-27-29-54(71)65-59(47)73;1-28-32(13-10-16-37(28)52-31-20-18-29(19-21-31)11-7-8-26-49)33-22-23-39(46-40(33)42(51)53-44(2,3)4)48-25-24-30-12-9-14-34(35(30)27-48)41(50)47-43-45-36-15-5-6-17-38(36)54-43/h6-7,10-12,14-21,26,28,39,41-42,47H,8-9,13,22-25,27,29-37H2,1-5H3,(H,63,66,72)(H,65,71,73);5-6,9-10,12-17,22-23,26,29,31H,7-8,11,18-21,24-25,27H2,1-4H3,(H,45,47,50). The Morgan fingerprint density at radius 1 is 0.492 bits per heavy atom. The van der Waals surface area contributed by atoms with E-state index in [1.807, 2.05) is 212 Å². The smallest absolute Gasteiger partial charge is 0.358 e. The van der Waals surface area contributed by atoms with E-state index in [1.54, 1.807) is 0 Å². The van der Waals surface area contributed by atoms with Gasteiger partial charge < -0.3 is 43.2 Å². The van der Waals surface area contributed by atoms with Crippen LogP contribution in [0.25, 0.3) is 53.6 Å². The van der Waals surface area contributed by atoms with E-state index in [-0.39, 0.29) is 53.3 Å². The highest BCUT2D eigenvalue weighted by molar-refractivity contribution is 7.22. The maximum Gasteiger partial charge on any atom is 0.358 e. The average Bonchev–Trinajstić information content (AvgIpc) is 1.12. The van der Waals surface area contributed by atoms with E-state index < -0.39 is 29.1 Å². The highest BCUT2D eigenvalue weighted by Crippen LogP contribution is 2.43. The Morgan fingerprint density at radius 2 is 0.962 bits per heavy atom. The largest absolute Gasteiger partial charge is 0.490 e. The minimum absolute atomic E-state index is 0.114. The normalized spacial score (nSPS) is 18.5. The third-order valence-electron chi connectivity index (χ3n) is 26.5. The lowest BCUT2D eigenvalue weighted by Crippen LogP contribution is -2.39. The number of thiazole rings is 2. The van der Waals surface area contributed by atoms with Crippen LogP contribution in [-0.4, -0.2) is 139 Å². The van der Waals surface area contributed by atoms with Gasteiger partial charge in [0.1, 0.15) is 58.0 Å². The summed E-state index contributed by atoms with van der Waals surface area (Å²) in [4.78, 5) is 117. The molecular weight excluding hydrogens is 1700 g/mol. The molecule has 24 nitrogen and oxygen atoms in total. The number of aryl methyl sites for hydroxylation is 1. The highest BCUT2D eigenvalue weighted by Gasteiger charge is 2.36. The minimum Gasteiger partial charge on any atom is -0.490 e. The molecule has 12 aromatic rings. The van der Waals surface area contributed by atoms with Gasteiger partial charge in [-0.1, -0.05) is 127 Å². The van der Waals surface area contributed by atoms with E-state index in [0.29, 0.717) is 114 Å². The van der Waals surface area contributed by atoms with Crippen molar-refractivity contribution in [1.82, 2.24) is 39.9 Å². The third-order valence-corrected chi connectivity index (χ3v) is 28.4. The summed E-state index contributed by atoms with van der Waals surface area (Å²) in [5, 5.41) is 15.3. The Morgan fingerprint density at radius 3 is 1.45 bits per heavy atom. The van der Waals surface area contributed by atoms with E-state index in [1.165, 1.54) is 41.9 Å². The molecule has 4 amide bonds. The molecule has 1 atom stereocenters. The van der Waals surface area contributed by atoms with E-state index in [2.05, 4.69) is 59.7 Å². The molecule has 0 radical (unpaired) electrons. The van der Waals surface area contributed by atoms with Crippen molar-refractivity contribution in [2.75, 3.05) is 53.2 Å². The molecule has 7 aromatic carbocycles. The van der Waals surface area contributed by atoms with E-state index in [0.717, 1.165) is 202 Å². The van der Waals surface area contributed by atoms with Gasteiger partial charge in [-0.3, -0.25) is 39.8 Å². The fourth-order valence-electron chi connectivity index (χ4n) is 19.6. The number of rotatable bonds is 26. The van der Waals surface area contributed by atoms with Crippen LogP contribution in [0.3, 0.4) is 0 Å². The summed E-state index contributed by atoms with van der Waals surface area (Å²) in [6, 6.07) is 53.3. The van der Waals surface area contributed by atoms with Crippen molar-refractivity contribution in [1.29, 1.82) is 0 Å². The first-order chi connectivity index (χ1) is 63.8. The van der Waals surface area contributed by atoms with Gasteiger partial charge in [-0.25, -0.2) is 29.5 Å². The van der Waals surface area contributed by atoms with Crippen molar-refractivity contribution in [3.05, 3.63) is 225 Å². The molecular formula is C106H118N12O12S2. The van der Waals surface area contributed by atoms with Gasteiger partial charge >= 0.3 is 11.9 Å². The molecule has 3 N–H and O–H groups in total. The molecule has 686 valence electrons. The second kappa shape index (κ2) is 40.4. The zero-order valence-electron chi connectivity index (χ0n) is 77.0. The van der Waals surface area contributed by atoms with Crippen molar-refractivity contribution in [3.63, 3.8) is 0 Å². The molecule has 4 fully saturated rings. The number of ether oxygens (including phenoxy) is 5. The second-order valence-electron chi connectivity index (χ2n) is 38.0. The zero-order valence-corrected chi connectivity index (χ0v) is 78.6. The Bertz CT molecular complexity index is 6210. The lowest BCUT2D eigenvalue weighted by Gasteiger charge is -2.32. The summed E-state index contributed by atoms with van der Waals surface area (Å²) in [5.74, 6) is 2.70. The second-order valence-corrected chi connectivity index (χ2v) is 40.1. The molecule has 4 aliphatic heterocycles. The first-order valence-corrected chi connectivity index (χ1v) is 48.6. The Labute approximate surface area is 779 Å².